The van der Waals surface area contributed by atoms with Crippen molar-refractivity contribution in [1.82, 2.24) is 0 Å². The van der Waals surface area contributed by atoms with Gasteiger partial charge < -0.3 is 14.6 Å². The monoisotopic (exact) mass is 352 g/mol. The average molecular weight is 353 g/mol. The Morgan fingerprint density at radius 1 is 1.09 bits per heavy atom. The number of aliphatic hydroxyl groups excluding tert-OH is 2. The second kappa shape index (κ2) is 10.3. The van der Waals surface area contributed by atoms with Crippen molar-refractivity contribution in [3.8, 4) is 0 Å². The van der Waals surface area contributed by atoms with E-state index < -0.39 is 20.5 Å². The molecule has 0 fully saturated rings. The van der Waals surface area contributed by atoms with Crippen LogP contribution in [0.25, 0.3) is 0 Å². The number of halogens is 1. The lowest BCUT2D eigenvalue weighted by molar-refractivity contribution is 0.0698. The van der Waals surface area contributed by atoms with Gasteiger partial charge >= 0.3 is 0 Å². The first kappa shape index (κ1) is 22.4. The summed E-state index contributed by atoms with van der Waals surface area (Å²) in [5, 5.41) is 19.8. The van der Waals surface area contributed by atoms with Crippen LogP contribution in [0.15, 0.2) is 0 Å². The highest BCUT2D eigenvalue weighted by molar-refractivity contribution is 6.74. The number of hydrogen-bond donors (Lipinski definition) is 2. The molecule has 0 aliphatic carbocycles. The van der Waals surface area contributed by atoms with Crippen molar-refractivity contribution in [3.05, 3.63) is 0 Å². The summed E-state index contributed by atoms with van der Waals surface area (Å²) in [5.41, 5.74) is 0. The maximum atomic E-state index is 10.1. The van der Waals surface area contributed by atoms with Crippen LogP contribution in [0.2, 0.25) is 18.1 Å². The molecule has 0 aliphatic heterocycles. The molecule has 3 nitrogen and oxygen atoms in total. The maximum absolute atomic E-state index is 10.1. The molecule has 0 amide bonds. The zero-order valence-corrected chi connectivity index (χ0v) is 17.1. The Morgan fingerprint density at radius 3 is 2.18 bits per heavy atom. The van der Waals surface area contributed by atoms with Gasteiger partial charge in [-0.25, -0.2) is 0 Å². The number of aliphatic hydroxyl groups is 2. The number of rotatable bonds is 11. The zero-order valence-electron chi connectivity index (χ0n) is 15.4. The Kier molecular flexibility index (Phi) is 10.5. The minimum atomic E-state index is -1.69. The largest absolute Gasteiger partial charge is 0.417 e. The van der Waals surface area contributed by atoms with E-state index in [-0.39, 0.29) is 10.4 Å². The van der Waals surface area contributed by atoms with Crippen LogP contribution < -0.4 is 0 Å². The molecule has 3 atom stereocenters. The number of alkyl halides is 1. The van der Waals surface area contributed by atoms with E-state index >= 15 is 0 Å². The molecular weight excluding hydrogens is 316 g/mol. The molecule has 0 aliphatic rings. The van der Waals surface area contributed by atoms with E-state index in [1.807, 2.05) is 0 Å². The van der Waals surface area contributed by atoms with Crippen molar-refractivity contribution >= 4 is 19.9 Å². The van der Waals surface area contributed by atoms with Gasteiger partial charge in [-0.15, -0.1) is 11.6 Å². The van der Waals surface area contributed by atoms with Gasteiger partial charge in [0.25, 0.3) is 0 Å². The molecule has 0 spiro atoms. The minimum absolute atomic E-state index is 0.219. The lowest BCUT2D eigenvalue weighted by Crippen LogP contribution is -2.41. The third kappa shape index (κ3) is 8.87. The fourth-order valence-corrected chi connectivity index (χ4v) is 3.34. The van der Waals surface area contributed by atoms with Crippen molar-refractivity contribution in [3.63, 3.8) is 0 Å². The summed E-state index contributed by atoms with van der Waals surface area (Å²) in [6, 6.07) is 0. The Labute approximate surface area is 143 Å². The van der Waals surface area contributed by atoms with Gasteiger partial charge in [0.05, 0.1) is 17.6 Å². The molecule has 0 aromatic rings. The van der Waals surface area contributed by atoms with Gasteiger partial charge in [0.15, 0.2) is 8.32 Å². The standard InChI is InChI=1S/C17H37ClO3Si/c1-7-8-10-14(19)13-16(20)15(18)11-9-12-21-22(5,6)17(2,3)4/h14-16,19-20H,7-13H2,1-6H3/t14-,15+,16-/m0/s1. The highest BCUT2D eigenvalue weighted by atomic mass is 35.5. The maximum Gasteiger partial charge on any atom is 0.191 e. The molecular formula is C17H37ClO3Si. The second-order valence-electron chi connectivity index (χ2n) is 7.87. The summed E-state index contributed by atoms with van der Waals surface area (Å²) in [5.74, 6) is 0. The van der Waals surface area contributed by atoms with Crippen LogP contribution in [0.4, 0.5) is 0 Å². The van der Waals surface area contributed by atoms with Gasteiger partial charge in [0.1, 0.15) is 0 Å². The van der Waals surface area contributed by atoms with Crippen LogP contribution in [-0.4, -0.2) is 42.7 Å². The summed E-state index contributed by atoms with van der Waals surface area (Å²) >= 11 is 6.24. The summed E-state index contributed by atoms with van der Waals surface area (Å²) in [4.78, 5) is 0. The molecule has 0 rings (SSSR count). The molecule has 0 radical (unpaired) electrons. The summed E-state index contributed by atoms with van der Waals surface area (Å²) in [6.45, 7) is 14.0. The van der Waals surface area contributed by atoms with Gasteiger partial charge in [0, 0.05) is 13.0 Å². The van der Waals surface area contributed by atoms with E-state index in [4.69, 9.17) is 16.0 Å². The summed E-state index contributed by atoms with van der Waals surface area (Å²) < 4.78 is 6.11. The molecule has 0 bridgehead atoms. The van der Waals surface area contributed by atoms with Crippen LogP contribution in [0.3, 0.4) is 0 Å². The van der Waals surface area contributed by atoms with E-state index in [0.29, 0.717) is 13.0 Å². The lowest BCUT2D eigenvalue weighted by Gasteiger charge is -2.36. The first-order valence-electron chi connectivity index (χ1n) is 8.65. The highest BCUT2D eigenvalue weighted by Crippen LogP contribution is 2.36. The van der Waals surface area contributed by atoms with Crippen LogP contribution in [-0.2, 0) is 4.43 Å². The van der Waals surface area contributed by atoms with Crippen LogP contribution in [0.5, 0.6) is 0 Å². The van der Waals surface area contributed by atoms with E-state index in [1.54, 1.807) is 0 Å². The Balaban J connectivity index is 3.96. The van der Waals surface area contributed by atoms with Crippen molar-refractivity contribution < 1.29 is 14.6 Å². The van der Waals surface area contributed by atoms with E-state index in [0.717, 1.165) is 32.1 Å². The Bertz CT molecular complexity index is 292. The highest BCUT2D eigenvalue weighted by Gasteiger charge is 2.36. The quantitative estimate of drug-likeness (QED) is 0.322. The third-order valence-electron chi connectivity index (χ3n) is 4.72. The third-order valence-corrected chi connectivity index (χ3v) is 9.76. The van der Waals surface area contributed by atoms with Gasteiger partial charge in [-0.05, 0) is 37.4 Å². The van der Waals surface area contributed by atoms with Crippen LogP contribution in [0, 0.1) is 0 Å². The first-order valence-corrected chi connectivity index (χ1v) is 12.0. The van der Waals surface area contributed by atoms with Crippen LogP contribution in [0.1, 0.15) is 66.2 Å². The molecule has 0 aromatic carbocycles. The fraction of sp³-hybridized carbons (Fsp3) is 1.00. The van der Waals surface area contributed by atoms with E-state index in [1.165, 1.54) is 0 Å². The lowest BCUT2D eigenvalue weighted by atomic mass is 10.0. The molecule has 5 heteroatoms. The summed E-state index contributed by atoms with van der Waals surface area (Å²) in [6.07, 6.45) is 3.65. The van der Waals surface area contributed by atoms with E-state index in [2.05, 4.69) is 40.8 Å². The fourth-order valence-electron chi connectivity index (χ4n) is 2.00. The molecule has 0 unspecified atom stereocenters. The van der Waals surface area contributed by atoms with Gasteiger partial charge in [0.2, 0.25) is 0 Å². The van der Waals surface area contributed by atoms with Gasteiger partial charge in [-0.2, -0.15) is 0 Å². The van der Waals surface area contributed by atoms with Crippen molar-refractivity contribution in [1.29, 1.82) is 0 Å². The normalized spacial score (nSPS) is 17.3. The molecule has 0 aromatic heterocycles. The molecule has 0 saturated heterocycles. The molecule has 0 heterocycles. The number of hydrogen-bond acceptors (Lipinski definition) is 3. The zero-order chi connectivity index (χ0) is 17.4. The molecule has 2 N–H and O–H groups in total. The van der Waals surface area contributed by atoms with Crippen molar-refractivity contribution in [2.75, 3.05) is 6.61 Å². The van der Waals surface area contributed by atoms with Crippen molar-refractivity contribution in [2.24, 2.45) is 0 Å². The van der Waals surface area contributed by atoms with Crippen LogP contribution >= 0.6 is 11.6 Å². The minimum Gasteiger partial charge on any atom is -0.417 e. The summed E-state index contributed by atoms with van der Waals surface area (Å²) in [7, 11) is -1.69. The predicted octanol–water partition coefficient (Wildman–Crippen LogP) is 4.70. The van der Waals surface area contributed by atoms with Gasteiger partial charge in [-0.1, -0.05) is 40.5 Å². The Morgan fingerprint density at radius 2 is 1.68 bits per heavy atom. The molecule has 134 valence electrons. The SMILES string of the molecule is CCCC[C@H](O)C[C@H](O)[C@H](Cl)CCCO[Si](C)(C)C(C)(C)C. The topological polar surface area (TPSA) is 49.7 Å². The smallest absolute Gasteiger partial charge is 0.191 e. The Hall–Kier alpha value is 0.387. The van der Waals surface area contributed by atoms with Crippen molar-refractivity contribution in [2.45, 2.75) is 102 Å². The van der Waals surface area contributed by atoms with Gasteiger partial charge in [-0.3, -0.25) is 0 Å². The average Bonchev–Trinajstić information content (AvgIpc) is 2.39. The first-order chi connectivity index (χ1) is 10.0. The molecule has 22 heavy (non-hydrogen) atoms. The second-order valence-corrected chi connectivity index (χ2v) is 13.2. The van der Waals surface area contributed by atoms with E-state index in [9.17, 15) is 10.2 Å². The predicted molar refractivity (Wildman–Crippen MR) is 98.2 cm³/mol. The number of unbranched alkanes of at least 4 members (excludes halogenated alkanes) is 1. The molecule has 0 saturated carbocycles.